The van der Waals surface area contributed by atoms with Crippen molar-refractivity contribution in [2.24, 2.45) is 0 Å². The van der Waals surface area contributed by atoms with Crippen LogP contribution in [0.15, 0.2) is 48.5 Å². The van der Waals surface area contributed by atoms with Gasteiger partial charge in [0.1, 0.15) is 5.82 Å². The number of aromatic nitrogens is 2. The van der Waals surface area contributed by atoms with Crippen LogP contribution in [0.3, 0.4) is 0 Å². The molecule has 0 radical (unpaired) electrons. The van der Waals surface area contributed by atoms with E-state index in [9.17, 15) is 27.6 Å². The van der Waals surface area contributed by atoms with Crippen molar-refractivity contribution in [1.29, 1.82) is 5.26 Å². The number of carbonyl (C=O) groups excluding carboxylic acids is 1. The number of halogens is 4. The molecule has 0 fully saturated rings. The Hall–Kier alpha value is -3.67. The molecule has 0 aliphatic carbocycles. The van der Waals surface area contributed by atoms with Crippen LogP contribution in [-0.4, -0.2) is 15.7 Å². The third kappa shape index (κ3) is 4.27. The molecule has 1 amide bonds. The molecule has 1 N–H and O–H groups in total. The zero-order valence-corrected chi connectivity index (χ0v) is 15.1. The minimum atomic E-state index is -4.62. The number of alkyl halides is 3. The van der Waals surface area contributed by atoms with Gasteiger partial charge in [-0.1, -0.05) is 12.1 Å². The molecule has 3 rings (SSSR count). The van der Waals surface area contributed by atoms with Crippen LogP contribution in [0.25, 0.3) is 11.3 Å². The third-order valence-corrected chi connectivity index (χ3v) is 4.13. The van der Waals surface area contributed by atoms with Gasteiger partial charge >= 0.3 is 6.18 Å². The molecule has 29 heavy (non-hydrogen) atoms. The summed E-state index contributed by atoms with van der Waals surface area (Å²) in [4.78, 5) is 12.4. The lowest BCUT2D eigenvalue weighted by Gasteiger charge is -2.09. The summed E-state index contributed by atoms with van der Waals surface area (Å²) >= 11 is 0. The Morgan fingerprint density at radius 2 is 1.97 bits per heavy atom. The molecule has 0 aliphatic heterocycles. The molecule has 0 bridgehead atoms. The molecule has 1 aromatic heterocycles. The van der Waals surface area contributed by atoms with Crippen LogP contribution in [-0.2, 0) is 12.7 Å². The molecule has 0 atom stereocenters. The van der Waals surface area contributed by atoms with Crippen molar-refractivity contribution >= 4 is 11.6 Å². The monoisotopic (exact) mass is 402 g/mol. The summed E-state index contributed by atoms with van der Waals surface area (Å²) in [5, 5.41) is 15.5. The van der Waals surface area contributed by atoms with Crippen molar-refractivity contribution in [2.75, 3.05) is 5.32 Å². The van der Waals surface area contributed by atoms with Crippen molar-refractivity contribution in [3.05, 3.63) is 71.2 Å². The molecule has 0 saturated heterocycles. The Morgan fingerprint density at radius 1 is 1.21 bits per heavy atom. The fourth-order valence-electron chi connectivity index (χ4n) is 2.78. The normalized spacial score (nSPS) is 11.2. The maximum absolute atomic E-state index is 13.3. The number of nitriles is 1. The second-order valence-corrected chi connectivity index (χ2v) is 6.06. The fraction of sp³-hybridized carbons (Fsp3) is 0.150. The van der Waals surface area contributed by atoms with E-state index in [1.807, 2.05) is 6.07 Å². The average molecular weight is 402 g/mol. The highest BCUT2D eigenvalue weighted by molar-refractivity contribution is 6.04. The van der Waals surface area contributed by atoms with Gasteiger partial charge in [0.25, 0.3) is 5.91 Å². The Balaban J connectivity index is 1.97. The van der Waals surface area contributed by atoms with Crippen LogP contribution in [0.1, 0.15) is 28.5 Å². The Labute approximate surface area is 163 Å². The Bertz CT molecular complexity index is 1110. The number of amides is 1. The molecule has 148 valence electrons. The highest BCUT2D eigenvalue weighted by Crippen LogP contribution is 2.33. The van der Waals surface area contributed by atoms with E-state index in [0.717, 1.165) is 16.8 Å². The molecule has 3 aromatic rings. The molecule has 0 aliphatic rings. The standard InChI is InChI=1S/C20H14F4N4O/c1-2-28-17(10-18(27-28)20(22,23)24)16-7-6-12(8-13(16)11-25)19(29)26-15-5-3-4-14(21)9-15/h3-10H,2H2,1H3,(H,26,29). The van der Waals surface area contributed by atoms with Gasteiger partial charge in [-0.25, -0.2) is 4.39 Å². The number of rotatable bonds is 4. The first-order valence-electron chi connectivity index (χ1n) is 8.49. The maximum atomic E-state index is 13.3. The summed E-state index contributed by atoms with van der Waals surface area (Å²) in [7, 11) is 0. The fourth-order valence-corrected chi connectivity index (χ4v) is 2.78. The quantitative estimate of drug-likeness (QED) is 0.634. The molecular formula is C20H14F4N4O. The van der Waals surface area contributed by atoms with Crippen LogP contribution in [0.2, 0.25) is 0 Å². The molecule has 1 heterocycles. The van der Waals surface area contributed by atoms with Gasteiger partial charge in [-0.2, -0.15) is 23.5 Å². The van der Waals surface area contributed by atoms with Gasteiger partial charge < -0.3 is 5.32 Å². The van der Waals surface area contributed by atoms with E-state index >= 15 is 0 Å². The van der Waals surface area contributed by atoms with Crippen LogP contribution >= 0.6 is 0 Å². The van der Waals surface area contributed by atoms with Crippen molar-refractivity contribution in [2.45, 2.75) is 19.6 Å². The van der Waals surface area contributed by atoms with Crippen molar-refractivity contribution in [3.63, 3.8) is 0 Å². The molecule has 0 saturated carbocycles. The minimum Gasteiger partial charge on any atom is -0.322 e. The Morgan fingerprint density at radius 3 is 2.59 bits per heavy atom. The van der Waals surface area contributed by atoms with E-state index in [-0.39, 0.29) is 34.6 Å². The highest BCUT2D eigenvalue weighted by atomic mass is 19.4. The summed E-state index contributed by atoms with van der Waals surface area (Å²) in [5.41, 5.74) is -0.371. The number of carbonyl (C=O) groups is 1. The van der Waals surface area contributed by atoms with Crippen LogP contribution < -0.4 is 5.32 Å². The van der Waals surface area contributed by atoms with E-state index in [0.29, 0.717) is 0 Å². The first-order valence-corrected chi connectivity index (χ1v) is 8.49. The SMILES string of the molecule is CCn1nc(C(F)(F)F)cc1-c1ccc(C(=O)Nc2cccc(F)c2)cc1C#N. The molecule has 2 aromatic carbocycles. The van der Waals surface area contributed by atoms with Crippen LogP contribution in [0.4, 0.5) is 23.2 Å². The summed E-state index contributed by atoms with van der Waals surface area (Å²) in [6.07, 6.45) is -4.62. The average Bonchev–Trinajstić information content (AvgIpc) is 3.12. The van der Waals surface area contributed by atoms with Gasteiger partial charge in [-0.05, 0) is 43.3 Å². The second kappa shape index (κ2) is 7.75. The van der Waals surface area contributed by atoms with Crippen LogP contribution in [0, 0.1) is 17.1 Å². The predicted molar refractivity (Wildman–Crippen MR) is 97.4 cm³/mol. The zero-order valence-electron chi connectivity index (χ0n) is 15.1. The van der Waals surface area contributed by atoms with E-state index in [2.05, 4.69) is 10.4 Å². The van der Waals surface area contributed by atoms with E-state index in [4.69, 9.17) is 0 Å². The second-order valence-electron chi connectivity index (χ2n) is 6.06. The maximum Gasteiger partial charge on any atom is 0.435 e. The predicted octanol–water partition coefficient (Wildman–Crippen LogP) is 4.85. The zero-order chi connectivity index (χ0) is 21.2. The lowest BCUT2D eigenvalue weighted by molar-refractivity contribution is -0.141. The summed E-state index contributed by atoms with van der Waals surface area (Å²) in [6.45, 7) is 1.79. The first-order chi connectivity index (χ1) is 13.7. The minimum absolute atomic E-state index is 0.0141. The van der Waals surface area contributed by atoms with Crippen molar-refractivity contribution < 1.29 is 22.4 Å². The van der Waals surface area contributed by atoms with Gasteiger partial charge in [0.05, 0.1) is 17.3 Å². The summed E-state index contributed by atoms with van der Waals surface area (Å²) in [6, 6.07) is 12.1. The topological polar surface area (TPSA) is 70.7 Å². The smallest absolute Gasteiger partial charge is 0.322 e. The highest BCUT2D eigenvalue weighted by Gasteiger charge is 2.35. The number of nitrogens with zero attached hydrogens (tertiary/aromatic N) is 3. The van der Waals surface area contributed by atoms with Gasteiger partial charge in [-0.15, -0.1) is 0 Å². The summed E-state index contributed by atoms with van der Waals surface area (Å²) < 4.78 is 53.4. The van der Waals surface area contributed by atoms with Crippen molar-refractivity contribution in [3.8, 4) is 17.3 Å². The van der Waals surface area contributed by atoms with Crippen LogP contribution in [0.5, 0.6) is 0 Å². The molecule has 0 unspecified atom stereocenters. The largest absolute Gasteiger partial charge is 0.435 e. The number of anilines is 1. The van der Waals surface area contributed by atoms with Gasteiger partial charge in [0.15, 0.2) is 5.69 Å². The number of benzene rings is 2. The van der Waals surface area contributed by atoms with Gasteiger partial charge in [-0.3, -0.25) is 9.48 Å². The lowest BCUT2D eigenvalue weighted by atomic mass is 10.0. The van der Waals surface area contributed by atoms with E-state index < -0.39 is 23.6 Å². The molecule has 9 heteroatoms. The number of hydrogen-bond acceptors (Lipinski definition) is 3. The van der Waals surface area contributed by atoms with Gasteiger partial charge in [0.2, 0.25) is 0 Å². The molecular weight excluding hydrogens is 388 g/mol. The van der Waals surface area contributed by atoms with E-state index in [1.54, 1.807) is 6.92 Å². The van der Waals surface area contributed by atoms with E-state index in [1.165, 1.54) is 36.4 Å². The molecule has 5 nitrogen and oxygen atoms in total. The number of aryl methyl sites for hydroxylation is 1. The number of nitrogens with one attached hydrogen (secondary N) is 1. The van der Waals surface area contributed by atoms with Crippen molar-refractivity contribution in [1.82, 2.24) is 9.78 Å². The van der Waals surface area contributed by atoms with Gasteiger partial charge in [0, 0.05) is 23.4 Å². The lowest BCUT2D eigenvalue weighted by Crippen LogP contribution is -2.12. The first kappa shape index (κ1) is 20.1. The summed E-state index contributed by atoms with van der Waals surface area (Å²) in [5.74, 6) is -1.11. The number of hydrogen-bond donors (Lipinski definition) is 1. The molecule has 0 spiro atoms. The third-order valence-electron chi connectivity index (χ3n) is 4.13. The Kier molecular flexibility index (Phi) is 5.37.